The molecule has 2 heterocycles. The third-order valence-electron chi connectivity index (χ3n) is 6.65. The van der Waals surface area contributed by atoms with Gasteiger partial charge in [-0.15, -0.1) is 0 Å². The third-order valence-corrected chi connectivity index (χ3v) is 6.65. The van der Waals surface area contributed by atoms with E-state index in [0.717, 1.165) is 50.1 Å². The van der Waals surface area contributed by atoms with Crippen LogP contribution in [-0.2, 0) is 19.4 Å². The molecule has 1 fully saturated rings. The van der Waals surface area contributed by atoms with Crippen LogP contribution in [-0.4, -0.2) is 52.9 Å². The molecule has 1 aromatic heterocycles. The maximum atomic E-state index is 9.68. The fraction of sp³-hybridized carbons (Fsp3) is 0.423. The number of methoxy groups -OCH3 is 1. The Morgan fingerprint density at radius 2 is 1.82 bits per heavy atom. The summed E-state index contributed by atoms with van der Waals surface area (Å²) >= 11 is 0. The molecule has 1 saturated heterocycles. The average Bonchev–Trinajstić information content (AvgIpc) is 3.30. The summed E-state index contributed by atoms with van der Waals surface area (Å²) in [5, 5.41) is 16.6. The van der Waals surface area contributed by atoms with Crippen molar-refractivity contribution in [1.82, 2.24) is 15.0 Å². The summed E-state index contributed by atoms with van der Waals surface area (Å²) in [6.45, 7) is 2.40. The van der Waals surface area contributed by atoms with E-state index in [1.807, 2.05) is 24.3 Å². The van der Waals surface area contributed by atoms with E-state index in [1.54, 1.807) is 7.11 Å². The molecule has 8 nitrogen and oxygen atoms in total. The van der Waals surface area contributed by atoms with Gasteiger partial charge in [-0.3, -0.25) is 0 Å². The SMILES string of the molecule is COc1cccc(CNc2nc(NC3Cc4ccccc4C3)nc(N3CCCC(CO)C3)n2)c1. The zero-order valence-electron chi connectivity index (χ0n) is 19.6. The monoisotopic (exact) mass is 460 g/mol. The highest BCUT2D eigenvalue weighted by Crippen LogP contribution is 2.26. The summed E-state index contributed by atoms with van der Waals surface area (Å²) in [4.78, 5) is 16.4. The van der Waals surface area contributed by atoms with Crippen molar-refractivity contribution < 1.29 is 9.84 Å². The number of aliphatic hydroxyl groups excluding tert-OH is 1. The number of nitrogens with zero attached hydrogens (tertiary/aromatic N) is 4. The minimum atomic E-state index is 0.188. The number of fused-ring (bicyclic) bond motifs is 1. The fourth-order valence-corrected chi connectivity index (χ4v) is 4.85. The van der Waals surface area contributed by atoms with Gasteiger partial charge < -0.3 is 25.4 Å². The minimum absolute atomic E-state index is 0.188. The number of hydrogen-bond donors (Lipinski definition) is 3. The first-order valence-corrected chi connectivity index (χ1v) is 12.0. The normalized spacial score (nSPS) is 17.9. The Hall–Kier alpha value is -3.39. The van der Waals surface area contributed by atoms with Gasteiger partial charge in [0.05, 0.1) is 7.11 Å². The van der Waals surface area contributed by atoms with Gasteiger partial charge in [0.1, 0.15) is 5.75 Å². The van der Waals surface area contributed by atoms with Crippen LogP contribution in [0, 0.1) is 5.92 Å². The Kier molecular flexibility index (Phi) is 6.76. The summed E-state index contributed by atoms with van der Waals surface area (Å²) in [5.41, 5.74) is 3.85. The van der Waals surface area contributed by atoms with Gasteiger partial charge in [0.15, 0.2) is 0 Å². The van der Waals surface area contributed by atoms with Gasteiger partial charge in [-0.2, -0.15) is 15.0 Å². The van der Waals surface area contributed by atoms with Gasteiger partial charge >= 0.3 is 0 Å². The third kappa shape index (κ3) is 5.22. The molecule has 1 aliphatic heterocycles. The first-order valence-electron chi connectivity index (χ1n) is 12.0. The van der Waals surface area contributed by atoms with Gasteiger partial charge in [-0.1, -0.05) is 36.4 Å². The molecule has 5 rings (SSSR count). The molecule has 0 bridgehead atoms. The average molecular weight is 461 g/mol. The smallest absolute Gasteiger partial charge is 0.231 e. The second kappa shape index (κ2) is 10.3. The van der Waals surface area contributed by atoms with Crippen LogP contribution in [0.1, 0.15) is 29.5 Å². The number of aromatic nitrogens is 3. The Morgan fingerprint density at radius 3 is 2.59 bits per heavy atom. The second-order valence-electron chi connectivity index (χ2n) is 9.14. The molecule has 0 amide bonds. The molecule has 8 heteroatoms. The van der Waals surface area contributed by atoms with Crippen molar-refractivity contribution in [2.45, 2.75) is 38.3 Å². The topological polar surface area (TPSA) is 95.4 Å². The predicted molar refractivity (Wildman–Crippen MR) is 133 cm³/mol. The van der Waals surface area contributed by atoms with Crippen LogP contribution < -0.4 is 20.3 Å². The number of benzene rings is 2. The molecule has 0 radical (unpaired) electrons. The summed E-state index contributed by atoms with van der Waals surface area (Å²) in [6.07, 6.45) is 3.97. The number of anilines is 3. The summed E-state index contributed by atoms with van der Waals surface area (Å²) in [7, 11) is 1.67. The minimum Gasteiger partial charge on any atom is -0.497 e. The van der Waals surface area contributed by atoms with E-state index < -0.39 is 0 Å². The van der Waals surface area contributed by atoms with E-state index >= 15 is 0 Å². The molecule has 3 aromatic rings. The van der Waals surface area contributed by atoms with Gasteiger partial charge in [0.25, 0.3) is 0 Å². The van der Waals surface area contributed by atoms with Crippen molar-refractivity contribution >= 4 is 17.8 Å². The molecular formula is C26H32N6O2. The Labute approximate surface area is 200 Å². The van der Waals surface area contributed by atoms with Crippen molar-refractivity contribution in [2.75, 3.05) is 42.3 Å². The highest BCUT2D eigenvalue weighted by atomic mass is 16.5. The second-order valence-corrected chi connectivity index (χ2v) is 9.14. The lowest BCUT2D eigenvalue weighted by Gasteiger charge is -2.32. The maximum Gasteiger partial charge on any atom is 0.231 e. The van der Waals surface area contributed by atoms with Crippen molar-refractivity contribution in [1.29, 1.82) is 0 Å². The quantitative estimate of drug-likeness (QED) is 0.471. The molecule has 1 unspecified atom stereocenters. The van der Waals surface area contributed by atoms with Gasteiger partial charge in [-0.05, 0) is 60.4 Å². The number of aliphatic hydroxyl groups is 1. The number of nitrogens with one attached hydrogen (secondary N) is 2. The highest BCUT2D eigenvalue weighted by Gasteiger charge is 2.25. The molecule has 0 saturated carbocycles. The zero-order chi connectivity index (χ0) is 23.3. The van der Waals surface area contributed by atoms with Gasteiger partial charge in [-0.25, -0.2) is 0 Å². The van der Waals surface area contributed by atoms with Gasteiger partial charge in [0, 0.05) is 32.3 Å². The van der Waals surface area contributed by atoms with E-state index in [9.17, 15) is 5.11 Å². The van der Waals surface area contributed by atoms with Crippen molar-refractivity contribution in [2.24, 2.45) is 5.92 Å². The first-order chi connectivity index (χ1) is 16.7. The molecule has 2 aromatic carbocycles. The van der Waals surface area contributed by atoms with Crippen molar-refractivity contribution in [3.05, 3.63) is 65.2 Å². The van der Waals surface area contributed by atoms with E-state index in [-0.39, 0.29) is 18.6 Å². The van der Waals surface area contributed by atoms with E-state index in [2.05, 4.69) is 39.8 Å². The van der Waals surface area contributed by atoms with E-state index in [1.165, 1.54) is 11.1 Å². The predicted octanol–water partition coefficient (Wildman–Crippen LogP) is 3.28. The standard InChI is InChI=1S/C26H32N6O2/c1-34-23-10-4-6-18(12-23)15-27-24-29-25(28-22-13-20-8-2-3-9-21(20)14-22)31-26(30-24)32-11-5-7-19(16-32)17-33/h2-4,6,8-10,12,19,22,33H,5,7,11,13-17H2,1H3,(H2,27,28,29,30,31). The molecule has 3 N–H and O–H groups in total. The Balaban J connectivity index is 1.36. The number of hydrogen-bond acceptors (Lipinski definition) is 8. The van der Waals surface area contributed by atoms with Crippen molar-refractivity contribution in [3.8, 4) is 5.75 Å². The van der Waals surface area contributed by atoms with E-state index in [4.69, 9.17) is 19.7 Å². The van der Waals surface area contributed by atoms with Crippen LogP contribution in [0.4, 0.5) is 17.8 Å². The Morgan fingerprint density at radius 1 is 1.03 bits per heavy atom. The summed E-state index contributed by atoms with van der Waals surface area (Å²) in [5.74, 6) is 2.85. The molecule has 0 spiro atoms. The van der Waals surface area contributed by atoms with Crippen molar-refractivity contribution in [3.63, 3.8) is 0 Å². The number of rotatable bonds is 8. The van der Waals surface area contributed by atoms with E-state index in [0.29, 0.717) is 24.4 Å². The summed E-state index contributed by atoms with van der Waals surface area (Å²) in [6, 6.07) is 16.8. The summed E-state index contributed by atoms with van der Waals surface area (Å²) < 4.78 is 5.34. The molecule has 1 aliphatic carbocycles. The maximum absolute atomic E-state index is 9.68. The van der Waals surface area contributed by atoms with Crippen LogP contribution in [0.5, 0.6) is 5.75 Å². The molecule has 1 atom stereocenters. The molecular weight excluding hydrogens is 428 g/mol. The largest absolute Gasteiger partial charge is 0.497 e. The Bertz CT molecular complexity index is 1100. The zero-order valence-corrected chi connectivity index (χ0v) is 19.6. The number of ether oxygens (including phenoxy) is 1. The molecule has 2 aliphatic rings. The van der Waals surface area contributed by atoms with Crippen LogP contribution in [0.2, 0.25) is 0 Å². The first kappa shape index (κ1) is 22.4. The van der Waals surface area contributed by atoms with Crippen LogP contribution in [0.15, 0.2) is 48.5 Å². The van der Waals surface area contributed by atoms with Gasteiger partial charge in [0.2, 0.25) is 17.8 Å². The molecule has 34 heavy (non-hydrogen) atoms. The van der Waals surface area contributed by atoms with Crippen LogP contribution >= 0.6 is 0 Å². The van der Waals surface area contributed by atoms with Crippen LogP contribution in [0.25, 0.3) is 0 Å². The lowest BCUT2D eigenvalue weighted by molar-refractivity contribution is 0.208. The molecule has 178 valence electrons. The lowest BCUT2D eigenvalue weighted by atomic mass is 9.99. The lowest BCUT2D eigenvalue weighted by Crippen LogP contribution is -2.38. The van der Waals surface area contributed by atoms with Crippen LogP contribution in [0.3, 0.4) is 0 Å². The highest BCUT2D eigenvalue weighted by molar-refractivity contribution is 5.46. The number of piperidine rings is 1. The fourth-order valence-electron chi connectivity index (χ4n) is 4.85.